The van der Waals surface area contributed by atoms with E-state index in [1.165, 1.54) is 6.42 Å². The van der Waals surface area contributed by atoms with E-state index in [1.807, 2.05) is 0 Å². The molecule has 0 amide bonds. The van der Waals surface area contributed by atoms with Gasteiger partial charge in [0.1, 0.15) is 0 Å². The molecule has 4 N–H and O–H groups in total. The predicted octanol–water partition coefficient (Wildman–Crippen LogP) is 0.0324. The molecule has 0 aliphatic carbocycles. The Morgan fingerprint density at radius 1 is 1.43 bits per heavy atom. The fourth-order valence-corrected chi connectivity index (χ4v) is 2.30. The van der Waals surface area contributed by atoms with Gasteiger partial charge >= 0.3 is 0 Å². The van der Waals surface area contributed by atoms with E-state index in [0.717, 1.165) is 19.3 Å². The van der Waals surface area contributed by atoms with Crippen LogP contribution < -0.4 is 11.1 Å². The molecule has 3 atom stereocenters. The first kappa shape index (κ1) is 9.73. The van der Waals surface area contributed by atoms with Gasteiger partial charge in [0.25, 0.3) is 0 Å². The molecule has 0 spiro atoms. The van der Waals surface area contributed by atoms with Gasteiger partial charge in [-0.3, -0.25) is 0 Å². The molecular weight excluding hydrogens is 182 g/mol. The molecule has 2 rings (SSSR count). The number of hydrogen-bond acceptors (Lipinski definition) is 4. The molecule has 5 nitrogen and oxygen atoms in total. The molecule has 2 fully saturated rings. The van der Waals surface area contributed by atoms with Crippen LogP contribution in [0.2, 0.25) is 0 Å². The van der Waals surface area contributed by atoms with Crippen molar-refractivity contribution in [3.63, 3.8) is 0 Å². The zero-order chi connectivity index (χ0) is 9.97. The maximum Gasteiger partial charge on any atom is 0.153 e. The second-order valence-corrected chi connectivity index (χ2v) is 4.03. The third-order valence-corrected chi connectivity index (χ3v) is 3.06. The van der Waals surface area contributed by atoms with Gasteiger partial charge in [0.05, 0.1) is 18.8 Å². The molecule has 0 saturated carbocycles. The van der Waals surface area contributed by atoms with Crippen molar-refractivity contribution in [2.45, 2.75) is 43.9 Å². The maximum atomic E-state index is 8.39. The smallest absolute Gasteiger partial charge is 0.153 e. The number of amidine groups is 1. The highest BCUT2D eigenvalue weighted by Crippen LogP contribution is 2.32. The Morgan fingerprint density at radius 3 is 3.00 bits per heavy atom. The Morgan fingerprint density at radius 2 is 2.21 bits per heavy atom. The van der Waals surface area contributed by atoms with Crippen LogP contribution in [0.15, 0.2) is 5.16 Å². The van der Waals surface area contributed by atoms with E-state index in [4.69, 9.17) is 15.7 Å². The molecule has 0 aromatic rings. The second-order valence-electron chi connectivity index (χ2n) is 4.03. The summed E-state index contributed by atoms with van der Waals surface area (Å²) in [5.74, 6) is 0.227. The Hall–Kier alpha value is -0.810. The Kier molecular flexibility index (Phi) is 2.88. The van der Waals surface area contributed by atoms with Gasteiger partial charge in [-0.1, -0.05) is 5.16 Å². The molecule has 2 aliphatic heterocycles. The predicted molar refractivity (Wildman–Crippen MR) is 52.3 cm³/mol. The van der Waals surface area contributed by atoms with Crippen LogP contribution in [0.3, 0.4) is 0 Å². The third kappa shape index (κ3) is 1.99. The minimum Gasteiger partial charge on any atom is -0.409 e. The van der Waals surface area contributed by atoms with Gasteiger partial charge in [0.15, 0.2) is 5.84 Å². The van der Waals surface area contributed by atoms with Gasteiger partial charge < -0.3 is 21.0 Å². The molecule has 2 saturated heterocycles. The van der Waals surface area contributed by atoms with Gasteiger partial charge in [0, 0.05) is 6.04 Å². The van der Waals surface area contributed by atoms with Crippen LogP contribution in [0.5, 0.6) is 0 Å². The van der Waals surface area contributed by atoms with E-state index < -0.39 is 0 Å². The van der Waals surface area contributed by atoms with Crippen molar-refractivity contribution in [2.24, 2.45) is 10.9 Å². The topological polar surface area (TPSA) is 79.9 Å². The molecule has 80 valence electrons. The Bertz CT molecular complexity index is 232. The number of oxime groups is 1. The molecular formula is C9H17N3O2. The first-order valence-electron chi connectivity index (χ1n) is 5.15. The van der Waals surface area contributed by atoms with E-state index in [0.29, 0.717) is 24.8 Å². The summed E-state index contributed by atoms with van der Waals surface area (Å²) >= 11 is 0. The van der Waals surface area contributed by atoms with E-state index in [9.17, 15) is 0 Å². The van der Waals surface area contributed by atoms with Crippen molar-refractivity contribution >= 4 is 5.84 Å². The summed E-state index contributed by atoms with van der Waals surface area (Å²) in [6.45, 7) is 0.436. The Labute approximate surface area is 83.3 Å². The molecule has 2 aliphatic rings. The lowest BCUT2D eigenvalue weighted by Crippen LogP contribution is -2.46. The highest BCUT2D eigenvalue weighted by Gasteiger charge is 2.36. The van der Waals surface area contributed by atoms with Crippen LogP contribution in [0.25, 0.3) is 0 Å². The molecule has 5 heteroatoms. The molecule has 3 unspecified atom stereocenters. The van der Waals surface area contributed by atoms with Crippen LogP contribution in [-0.4, -0.2) is 35.8 Å². The summed E-state index contributed by atoms with van der Waals surface area (Å²) in [7, 11) is 0. The van der Waals surface area contributed by atoms with Gasteiger partial charge in [-0.05, 0) is 25.7 Å². The van der Waals surface area contributed by atoms with Crippen LogP contribution in [0.4, 0.5) is 0 Å². The molecule has 2 bridgehead atoms. The number of hydrogen-bond donors (Lipinski definition) is 3. The lowest BCUT2D eigenvalue weighted by atomic mass is 10.0. The van der Waals surface area contributed by atoms with E-state index >= 15 is 0 Å². The summed E-state index contributed by atoms with van der Waals surface area (Å²) in [6, 6.07) is 0.369. The normalized spacial score (nSPS) is 37.4. The van der Waals surface area contributed by atoms with Crippen LogP contribution in [0.1, 0.15) is 25.7 Å². The quantitative estimate of drug-likeness (QED) is 0.259. The minimum atomic E-state index is 0.227. The number of ether oxygens (including phenoxy) is 1. The molecule has 2 heterocycles. The van der Waals surface area contributed by atoms with Crippen LogP contribution in [-0.2, 0) is 4.74 Å². The molecule has 14 heavy (non-hydrogen) atoms. The highest BCUT2D eigenvalue weighted by atomic mass is 16.5. The largest absolute Gasteiger partial charge is 0.409 e. The van der Waals surface area contributed by atoms with Gasteiger partial charge in [-0.2, -0.15) is 0 Å². The van der Waals surface area contributed by atoms with Crippen molar-refractivity contribution in [2.75, 3.05) is 6.54 Å². The van der Waals surface area contributed by atoms with Crippen molar-refractivity contribution in [1.82, 2.24) is 5.32 Å². The molecule has 0 aromatic heterocycles. The lowest BCUT2D eigenvalue weighted by Gasteiger charge is -2.29. The summed E-state index contributed by atoms with van der Waals surface area (Å²) in [6.07, 6.45) is 5.41. The van der Waals surface area contributed by atoms with Crippen molar-refractivity contribution in [3.05, 3.63) is 0 Å². The number of rotatable bonds is 3. The van der Waals surface area contributed by atoms with Crippen molar-refractivity contribution < 1.29 is 9.94 Å². The second kappa shape index (κ2) is 4.14. The van der Waals surface area contributed by atoms with Gasteiger partial charge in [-0.15, -0.1) is 0 Å². The summed E-state index contributed by atoms with van der Waals surface area (Å²) in [4.78, 5) is 0. The highest BCUT2D eigenvalue weighted by molar-refractivity contribution is 5.81. The Balaban J connectivity index is 1.80. The number of fused-ring (bicyclic) bond motifs is 2. The van der Waals surface area contributed by atoms with E-state index in [-0.39, 0.29) is 5.84 Å². The van der Waals surface area contributed by atoms with Gasteiger partial charge in [-0.25, -0.2) is 0 Å². The number of nitrogens with zero attached hydrogens (tertiary/aromatic N) is 1. The average molecular weight is 199 g/mol. The zero-order valence-corrected chi connectivity index (χ0v) is 8.15. The maximum absolute atomic E-state index is 8.39. The van der Waals surface area contributed by atoms with E-state index in [2.05, 4.69) is 10.5 Å². The average Bonchev–Trinajstić information content (AvgIpc) is 2.60. The minimum absolute atomic E-state index is 0.227. The molecule has 0 aromatic carbocycles. The first-order valence-corrected chi connectivity index (χ1v) is 5.15. The van der Waals surface area contributed by atoms with Gasteiger partial charge in [0.2, 0.25) is 0 Å². The zero-order valence-electron chi connectivity index (χ0n) is 8.15. The monoisotopic (exact) mass is 199 g/mol. The van der Waals surface area contributed by atoms with E-state index in [1.54, 1.807) is 0 Å². The summed E-state index contributed by atoms with van der Waals surface area (Å²) in [5, 5.41) is 14.6. The number of nitrogens with one attached hydrogen (secondary N) is 1. The fourth-order valence-electron chi connectivity index (χ4n) is 2.30. The molecule has 0 radical (unpaired) electrons. The third-order valence-electron chi connectivity index (χ3n) is 3.06. The lowest BCUT2D eigenvalue weighted by molar-refractivity contribution is -0.0152. The number of nitrogens with two attached hydrogens (primary N) is 1. The first-order chi connectivity index (χ1) is 6.79. The summed E-state index contributed by atoms with van der Waals surface area (Å²) in [5.41, 5.74) is 5.38. The van der Waals surface area contributed by atoms with Crippen molar-refractivity contribution in [3.8, 4) is 0 Å². The fraction of sp³-hybridized carbons (Fsp3) is 0.889. The standard InChI is InChI=1S/C9H17N3O2/c10-9(12-13)5-11-7-3-1-6-2-4-8(7)14-6/h6-8,11,13H,1-5H2,(H2,10,12). The van der Waals surface area contributed by atoms with Crippen molar-refractivity contribution in [1.29, 1.82) is 0 Å². The SMILES string of the molecule is N/C(CNC1CCC2CCC1O2)=N\O. The van der Waals surface area contributed by atoms with Crippen LogP contribution >= 0.6 is 0 Å². The van der Waals surface area contributed by atoms with Crippen LogP contribution in [0, 0.1) is 0 Å². The summed E-state index contributed by atoms with van der Waals surface area (Å²) < 4.78 is 5.77.